The second-order valence-electron chi connectivity index (χ2n) is 8.18. The van der Waals surface area contributed by atoms with Gasteiger partial charge in [0.1, 0.15) is 10.9 Å². The fourth-order valence-electron chi connectivity index (χ4n) is 4.05. The molecule has 0 aliphatic heterocycles. The fourth-order valence-corrected chi connectivity index (χ4v) is 6.07. The smallest absolute Gasteiger partial charge is 0.261 e. The minimum atomic E-state index is -3.64. The molecule has 7 nitrogen and oxygen atoms in total. The SMILES string of the molecule is CCc1cc(Sc2ccc(NS(=O)(=O)c3ccc4c(c3)CCCC4)cc2)n2nc(C)nc2n1. The Morgan fingerprint density at radius 3 is 2.52 bits per heavy atom. The number of nitrogens with zero attached hydrogens (tertiary/aromatic N) is 4. The van der Waals surface area contributed by atoms with Crippen molar-refractivity contribution in [3.63, 3.8) is 0 Å². The zero-order valence-corrected chi connectivity index (χ0v) is 20.2. The van der Waals surface area contributed by atoms with Crippen LogP contribution in [0, 0.1) is 6.92 Å². The molecule has 1 N–H and O–H groups in total. The summed E-state index contributed by atoms with van der Waals surface area (Å²) in [5.74, 6) is 1.26. The van der Waals surface area contributed by atoms with E-state index in [2.05, 4.69) is 26.7 Å². The van der Waals surface area contributed by atoms with Crippen molar-refractivity contribution >= 4 is 33.3 Å². The number of hydrogen-bond donors (Lipinski definition) is 1. The molecule has 2 heterocycles. The number of anilines is 1. The van der Waals surface area contributed by atoms with E-state index >= 15 is 0 Å². The Hall–Kier alpha value is -2.91. The van der Waals surface area contributed by atoms with Gasteiger partial charge in [-0.25, -0.2) is 13.4 Å². The van der Waals surface area contributed by atoms with E-state index in [9.17, 15) is 8.42 Å². The number of aryl methyl sites for hydroxylation is 4. The van der Waals surface area contributed by atoms with Crippen molar-refractivity contribution in [2.45, 2.75) is 60.8 Å². The molecule has 4 aromatic rings. The van der Waals surface area contributed by atoms with Gasteiger partial charge in [-0.1, -0.05) is 24.8 Å². The molecule has 2 aromatic carbocycles. The van der Waals surface area contributed by atoms with Gasteiger partial charge in [-0.05, 0) is 92.6 Å². The molecule has 33 heavy (non-hydrogen) atoms. The molecule has 0 saturated heterocycles. The third kappa shape index (κ3) is 4.60. The van der Waals surface area contributed by atoms with Gasteiger partial charge in [0.25, 0.3) is 15.8 Å². The third-order valence-electron chi connectivity index (χ3n) is 5.76. The number of nitrogens with one attached hydrogen (secondary N) is 1. The molecule has 0 amide bonds. The maximum absolute atomic E-state index is 12.9. The molecular weight excluding hydrogens is 454 g/mol. The molecule has 0 saturated carbocycles. The molecular formula is C24H25N5O2S2. The van der Waals surface area contributed by atoms with Gasteiger partial charge >= 0.3 is 0 Å². The Balaban J connectivity index is 1.35. The monoisotopic (exact) mass is 479 g/mol. The predicted molar refractivity (Wildman–Crippen MR) is 129 cm³/mol. The van der Waals surface area contributed by atoms with Crippen LogP contribution < -0.4 is 4.72 Å². The van der Waals surface area contributed by atoms with Crippen LogP contribution in [0.4, 0.5) is 5.69 Å². The first-order valence-electron chi connectivity index (χ1n) is 11.1. The van der Waals surface area contributed by atoms with Crippen molar-refractivity contribution in [1.29, 1.82) is 0 Å². The first kappa shape index (κ1) is 21.9. The van der Waals surface area contributed by atoms with Crippen LogP contribution in [0.2, 0.25) is 0 Å². The standard InChI is InChI=1S/C24H25N5O2S2/c1-3-19-15-23(29-24(26-19)25-16(2)27-29)32-21-11-9-20(10-12-21)28-33(30,31)22-13-8-17-6-4-5-7-18(17)14-22/h8-15,28H,3-7H2,1-2H3. The zero-order chi connectivity index (χ0) is 23.0. The quantitative estimate of drug-likeness (QED) is 0.399. The molecule has 0 fully saturated rings. The molecule has 2 aromatic heterocycles. The van der Waals surface area contributed by atoms with Gasteiger partial charge in [0.05, 0.1) is 4.90 Å². The van der Waals surface area contributed by atoms with Crippen molar-refractivity contribution in [2.75, 3.05) is 4.72 Å². The van der Waals surface area contributed by atoms with E-state index in [-0.39, 0.29) is 0 Å². The molecule has 170 valence electrons. The van der Waals surface area contributed by atoms with Gasteiger partial charge in [0.2, 0.25) is 0 Å². The largest absolute Gasteiger partial charge is 0.280 e. The van der Waals surface area contributed by atoms with Gasteiger partial charge in [0.15, 0.2) is 0 Å². The summed E-state index contributed by atoms with van der Waals surface area (Å²) in [7, 11) is -3.64. The van der Waals surface area contributed by atoms with E-state index < -0.39 is 10.0 Å². The van der Waals surface area contributed by atoms with E-state index in [1.165, 1.54) is 12.0 Å². The number of aromatic nitrogens is 4. The van der Waals surface area contributed by atoms with Crippen LogP contribution in [0.3, 0.4) is 0 Å². The van der Waals surface area contributed by atoms with Crippen molar-refractivity contribution < 1.29 is 8.42 Å². The molecule has 1 aliphatic rings. The van der Waals surface area contributed by atoms with Gasteiger partial charge in [-0.15, -0.1) is 5.10 Å². The average Bonchev–Trinajstić information content (AvgIpc) is 3.20. The van der Waals surface area contributed by atoms with Gasteiger partial charge < -0.3 is 0 Å². The van der Waals surface area contributed by atoms with Gasteiger partial charge in [-0.2, -0.15) is 9.50 Å². The first-order valence-corrected chi connectivity index (χ1v) is 13.4. The lowest BCUT2D eigenvalue weighted by atomic mass is 9.92. The second kappa shape index (κ2) is 8.79. The molecule has 9 heteroatoms. The molecule has 0 unspecified atom stereocenters. The third-order valence-corrected chi connectivity index (χ3v) is 8.15. The van der Waals surface area contributed by atoms with Gasteiger partial charge in [-0.3, -0.25) is 4.72 Å². The summed E-state index contributed by atoms with van der Waals surface area (Å²) in [6.45, 7) is 3.90. The molecule has 0 radical (unpaired) electrons. The zero-order valence-electron chi connectivity index (χ0n) is 18.6. The Morgan fingerprint density at radius 1 is 1.00 bits per heavy atom. The van der Waals surface area contributed by atoms with E-state index in [1.807, 2.05) is 37.3 Å². The Bertz CT molecular complexity index is 1430. The van der Waals surface area contributed by atoms with E-state index in [4.69, 9.17) is 0 Å². The van der Waals surface area contributed by atoms with E-state index in [1.54, 1.807) is 34.5 Å². The maximum Gasteiger partial charge on any atom is 0.261 e. The first-order chi connectivity index (χ1) is 15.9. The van der Waals surface area contributed by atoms with Crippen LogP contribution in [0.25, 0.3) is 5.78 Å². The lowest BCUT2D eigenvalue weighted by molar-refractivity contribution is 0.600. The lowest BCUT2D eigenvalue weighted by Crippen LogP contribution is -2.14. The Kier molecular flexibility index (Phi) is 5.84. The number of hydrogen-bond acceptors (Lipinski definition) is 6. The summed E-state index contributed by atoms with van der Waals surface area (Å²) >= 11 is 1.54. The van der Waals surface area contributed by atoms with Crippen LogP contribution in [0.1, 0.15) is 42.4 Å². The van der Waals surface area contributed by atoms with Crippen LogP contribution in [-0.2, 0) is 29.3 Å². The van der Waals surface area contributed by atoms with Crippen LogP contribution in [0.15, 0.2) is 63.3 Å². The van der Waals surface area contributed by atoms with Crippen LogP contribution in [-0.4, -0.2) is 28.0 Å². The number of benzene rings is 2. The molecule has 0 spiro atoms. The number of fused-ring (bicyclic) bond motifs is 2. The van der Waals surface area contributed by atoms with Crippen LogP contribution in [0.5, 0.6) is 0 Å². The minimum Gasteiger partial charge on any atom is -0.280 e. The normalized spacial score (nSPS) is 13.8. The average molecular weight is 480 g/mol. The number of sulfonamides is 1. The molecule has 0 atom stereocenters. The molecule has 1 aliphatic carbocycles. The summed E-state index contributed by atoms with van der Waals surface area (Å²) in [6, 6.07) is 14.9. The van der Waals surface area contributed by atoms with Crippen molar-refractivity contribution in [2.24, 2.45) is 0 Å². The van der Waals surface area contributed by atoms with Crippen molar-refractivity contribution in [1.82, 2.24) is 19.6 Å². The highest BCUT2D eigenvalue weighted by atomic mass is 32.2. The second-order valence-corrected chi connectivity index (χ2v) is 11.0. The lowest BCUT2D eigenvalue weighted by Gasteiger charge is -2.17. The Morgan fingerprint density at radius 2 is 1.76 bits per heavy atom. The summed E-state index contributed by atoms with van der Waals surface area (Å²) in [5, 5.41) is 5.36. The fraction of sp³-hybridized carbons (Fsp3) is 0.292. The maximum atomic E-state index is 12.9. The highest BCUT2D eigenvalue weighted by Crippen LogP contribution is 2.30. The Labute approximate surface area is 197 Å². The van der Waals surface area contributed by atoms with E-state index in [0.29, 0.717) is 22.2 Å². The minimum absolute atomic E-state index is 0.314. The highest BCUT2D eigenvalue weighted by molar-refractivity contribution is 7.99. The molecule has 5 rings (SSSR count). The summed E-state index contributed by atoms with van der Waals surface area (Å²) in [6.07, 6.45) is 5.06. The summed E-state index contributed by atoms with van der Waals surface area (Å²) in [4.78, 5) is 10.2. The highest BCUT2D eigenvalue weighted by Gasteiger charge is 2.18. The summed E-state index contributed by atoms with van der Waals surface area (Å²) in [5.41, 5.74) is 3.89. The summed E-state index contributed by atoms with van der Waals surface area (Å²) < 4.78 is 30.3. The topological polar surface area (TPSA) is 89.2 Å². The number of rotatable bonds is 6. The van der Waals surface area contributed by atoms with E-state index in [0.717, 1.165) is 46.9 Å². The van der Waals surface area contributed by atoms with Gasteiger partial charge in [0, 0.05) is 16.3 Å². The molecule has 0 bridgehead atoms. The van der Waals surface area contributed by atoms with Crippen molar-refractivity contribution in [3.05, 3.63) is 71.2 Å². The van der Waals surface area contributed by atoms with Crippen molar-refractivity contribution in [3.8, 4) is 0 Å². The van der Waals surface area contributed by atoms with Crippen LogP contribution >= 0.6 is 11.8 Å². The predicted octanol–water partition coefficient (Wildman–Crippen LogP) is 4.83.